The molecule has 0 bridgehead atoms. The Bertz CT molecular complexity index is 896. The fourth-order valence-corrected chi connectivity index (χ4v) is 4.66. The fraction of sp³-hybridized carbons (Fsp3) is 0.583. The second-order valence-corrected chi connectivity index (χ2v) is 8.78. The van der Waals surface area contributed by atoms with Gasteiger partial charge in [-0.1, -0.05) is 49.9 Å². The van der Waals surface area contributed by atoms with E-state index in [1.165, 1.54) is 25.7 Å². The summed E-state index contributed by atoms with van der Waals surface area (Å²) >= 11 is 0. The first-order valence-corrected chi connectivity index (χ1v) is 11.6. The molecule has 1 saturated heterocycles. The van der Waals surface area contributed by atoms with Gasteiger partial charge in [-0.05, 0) is 37.3 Å². The van der Waals surface area contributed by atoms with Gasteiger partial charge < -0.3 is 14.7 Å². The SMILES string of the molecule is CCC(=O)Nc1cccc(-c2noc(C3CCN(C(=O)CCC4CCCC4)CC3)n2)c1. The van der Waals surface area contributed by atoms with Crippen molar-refractivity contribution in [2.45, 2.75) is 70.6 Å². The van der Waals surface area contributed by atoms with Gasteiger partial charge in [0.15, 0.2) is 0 Å². The van der Waals surface area contributed by atoms with Gasteiger partial charge in [-0.3, -0.25) is 9.59 Å². The van der Waals surface area contributed by atoms with Crippen LogP contribution >= 0.6 is 0 Å². The second-order valence-electron chi connectivity index (χ2n) is 8.78. The Hall–Kier alpha value is -2.70. The van der Waals surface area contributed by atoms with E-state index in [9.17, 15) is 9.59 Å². The summed E-state index contributed by atoms with van der Waals surface area (Å²) in [6.07, 6.45) is 9.10. The van der Waals surface area contributed by atoms with Gasteiger partial charge in [0.05, 0.1) is 0 Å². The molecular weight excluding hydrogens is 392 g/mol. The summed E-state index contributed by atoms with van der Waals surface area (Å²) in [5, 5.41) is 7.00. The summed E-state index contributed by atoms with van der Waals surface area (Å²) in [7, 11) is 0. The zero-order valence-electron chi connectivity index (χ0n) is 18.3. The molecule has 1 aromatic carbocycles. The number of benzene rings is 1. The lowest BCUT2D eigenvalue weighted by atomic mass is 9.95. The molecule has 2 aliphatic rings. The molecule has 2 aromatic rings. The number of piperidine rings is 1. The topological polar surface area (TPSA) is 88.3 Å². The molecule has 1 aliphatic carbocycles. The van der Waals surface area contributed by atoms with Gasteiger partial charge in [0.1, 0.15) is 0 Å². The maximum absolute atomic E-state index is 12.6. The van der Waals surface area contributed by atoms with Crippen molar-refractivity contribution in [3.8, 4) is 11.4 Å². The number of hydrogen-bond donors (Lipinski definition) is 1. The third-order valence-electron chi connectivity index (χ3n) is 6.61. The Morgan fingerprint density at radius 1 is 1.16 bits per heavy atom. The molecular formula is C24H32N4O3. The lowest BCUT2D eigenvalue weighted by Crippen LogP contribution is -2.38. The summed E-state index contributed by atoms with van der Waals surface area (Å²) < 4.78 is 5.56. The van der Waals surface area contributed by atoms with E-state index in [1.807, 2.05) is 36.1 Å². The number of anilines is 1. The van der Waals surface area contributed by atoms with Crippen molar-refractivity contribution in [3.05, 3.63) is 30.2 Å². The lowest BCUT2D eigenvalue weighted by molar-refractivity contribution is -0.132. The van der Waals surface area contributed by atoms with E-state index < -0.39 is 0 Å². The Morgan fingerprint density at radius 3 is 2.68 bits per heavy atom. The number of rotatable bonds is 7. The molecule has 4 rings (SSSR count). The Morgan fingerprint density at radius 2 is 1.94 bits per heavy atom. The van der Waals surface area contributed by atoms with E-state index in [0.717, 1.165) is 49.5 Å². The van der Waals surface area contributed by atoms with Crippen LogP contribution in [0.1, 0.15) is 76.5 Å². The molecule has 0 atom stereocenters. The maximum Gasteiger partial charge on any atom is 0.230 e. The van der Waals surface area contributed by atoms with Gasteiger partial charge in [-0.25, -0.2) is 0 Å². The molecule has 0 spiro atoms. The van der Waals surface area contributed by atoms with Gasteiger partial charge in [-0.15, -0.1) is 0 Å². The van der Waals surface area contributed by atoms with Crippen LogP contribution in [-0.2, 0) is 9.59 Å². The second kappa shape index (κ2) is 10.1. The van der Waals surface area contributed by atoms with Crippen molar-refractivity contribution in [3.63, 3.8) is 0 Å². The van der Waals surface area contributed by atoms with Crippen molar-refractivity contribution >= 4 is 17.5 Å². The molecule has 1 aliphatic heterocycles. The molecule has 166 valence electrons. The van der Waals surface area contributed by atoms with Crippen molar-refractivity contribution < 1.29 is 14.1 Å². The number of amides is 2. The van der Waals surface area contributed by atoms with Crippen LogP contribution in [0.4, 0.5) is 5.69 Å². The average Bonchev–Trinajstić information content (AvgIpc) is 3.50. The van der Waals surface area contributed by atoms with E-state index in [2.05, 4.69) is 15.5 Å². The normalized spacial score (nSPS) is 17.8. The van der Waals surface area contributed by atoms with E-state index in [0.29, 0.717) is 30.5 Å². The summed E-state index contributed by atoms with van der Waals surface area (Å²) in [4.78, 5) is 30.8. The summed E-state index contributed by atoms with van der Waals surface area (Å²) in [6, 6.07) is 7.47. The highest BCUT2D eigenvalue weighted by Gasteiger charge is 2.28. The number of nitrogens with one attached hydrogen (secondary N) is 1. The number of carbonyl (C=O) groups excluding carboxylic acids is 2. The van der Waals surface area contributed by atoms with Crippen LogP contribution in [0.15, 0.2) is 28.8 Å². The molecule has 7 nitrogen and oxygen atoms in total. The molecule has 7 heteroatoms. The lowest BCUT2D eigenvalue weighted by Gasteiger charge is -2.30. The van der Waals surface area contributed by atoms with Crippen molar-refractivity contribution in [1.29, 1.82) is 0 Å². The molecule has 31 heavy (non-hydrogen) atoms. The first-order chi connectivity index (χ1) is 15.1. The number of aromatic nitrogens is 2. The molecule has 0 radical (unpaired) electrons. The Balaban J connectivity index is 1.30. The van der Waals surface area contributed by atoms with Gasteiger partial charge in [0, 0.05) is 43.1 Å². The first-order valence-electron chi connectivity index (χ1n) is 11.6. The molecule has 2 heterocycles. The quantitative estimate of drug-likeness (QED) is 0.692. The minimum absolute atomic E-state index is 0.0319. The summed E-state index contributed by atoms with van der Waals surface area (Å²) in [5.74, 6) is 2.36. The van der Waals surface area contributed by atoms with E-state index in [1.54, 1.807) is 0 Å². The van der Waals surface area contributed by atoms with Crippen LogP contribution in [0, 0.1) is 5.92 Å². The van der Waals surface area contributed by atoms with Crippen LogP contribution in [0.2, 0.25) is 0 Å². The van der Waals surface area contributed by atoms with Crippen LogP contribution in [-0.4, -0.2) is 39.9 Å². The van der Waals surface area contributed by atoms with Gasteiger partial charge in [-0.2, -0.15) is 4.98 Å². The summed E-state index contributed by atoms with van der Waals surface area (Å²) in [6.45, 7) is 3.33. The Labute approximate surface area is 183 Å². The molecule has 1 aromatic heterocycles. The summed E-state index contributed by atoms with van der Waals surface area (Å²) in [5.41, 5.74) is 1.53. The predicted molar refractivity (Wildman–Crippen MR) is 118 cm³/mol. The number of nitrogens with zero attached hydrogens (tertiary/aromatic N) is 3. The molecule has 0 unspecified atom stereocenters. The number of carbonyl (C=O) groups is 2. The van der Waals surface area contributed by atoms with Crippen LogP contribution in [0.3, 0.4) is 0 Å². The minimum atomic E-state index is -0.0319. The largest absolute Gasteiger partial charge is 0.343 e. The van der Waals surface area contributed by atoms with Crippen molar-refractivity contribution in [2.24, 2.45) is 5.92 Å². The van der Waals surface area contributed by atoms with Crippen LogP contribution in [0.25, 0.3) is 11.4 Å². The van der Waals surface area contributed by atoms with Crippen molar-refractivity contribution in [2.75, 3.05) is 18.4 Å². The zero-order valence-corrected chi connectivity index (χ0v) is 18.3. The number of hydrogen-bond acceptors (Lipinski definition) is 5. The smallest absolute Gasteiger partial charge is 0.230 e. The maximum atomic E-state index is 12.6. The monoisotopic (exact) mass is 424 g/mol. The van der Waals surface area contributed by atoms with E-state index in [-0.39, 0.29) is 11.8 Å². The van der Waals surface area contributed by atoms with Gasteiger partial charge in [0.2, 0.25) is 23.5 Å². The molecule has 2 fully saturated rings. The van der Waals surface area contributed by atoms with Crippen molar-refractivity contribution in [1.82, 2.24) is 15.0 Å². The molecule has 2 amide bonds. The van der Waals surface area contributed by atoms with Gasteiger partial charge in [0.25, 0.3) is 0 Å². The Kier molecular flexibility index (Phi) is 6.99. The van der Waals surface area contributed by atoms with Crippen LogP contribution < -0.4 is 5.32 Å². The molecule has 1 saturated carbocycles. The molecule has 1 N–H and O–H groups in total. The van der Waals surface area contributed by atoms with E-state index >= 15 is 0 Å². The van der Waals surface area contributed by atoms with Gasteiger partial charge >= 0.3 is 0 Å². The van der Waals surface area contributed by atoms with Crippen LogP contribution in [0.5, 0.6) is 0 Å². The fourth-order valence-electron chi connectivity index (χ4n) is 4.66. The third-order valence-corrected chi connectivity index (χ3v) is 6.61. The highest BCUT2D eigenvalue weighted by Crippen LogP contribution is 2.31. The van der Waals surface area contributed by atoms with E-state index in [4.69, 9.17) is 4.52 Å². The highest BCUT2D eigenvalue weighted by molar-refractivity contribution is 5.91. The standard InChI is InChI=1S/C24H32N4O3/c1-2-21(29)25-20-9-5-8-19(16-20)23-26-24(31-27-23)18-12-14-28(15-13-18)22(30)11-10-17-6-3-4-7-17/h5,8-9,16-18H,2-4,6-7,10-15H2,1H3,(H,25,29). The highest BCUT2D eigenvalue weighted by atomic mass is 16.5. The average molecular weight is 425 g/mol. The number of likely N-dealkylation sites (tertiary alicyclic amines) is 1. The zero-order chi connectivity index (χ0) is 21.6. The minimum Gasteiger partial charge on any atom is -0.343 e. The first kappa shape index (κ1) is 21.5. The third kappa shape index (κ3) is 5.51. The predicted octanol–water partition coefficient (Wildman–Crippen LogP) is 4.76.